The van der Waals surface area contributed by atoms with Gasteiger partial charge in [-0.05, 0) is 100 Å². The summed E-state index contributed by atoms with van der Waals surface area (Å²) in [5, 5.41) is 20.6. The van der Waals surface area contributed by atoms with Crippen LogP contribution in [0.25, 0.3) is 22.3 Å². The third-order valence-corrected chi connectivity index (χ3v) is 22.2. The van der Waals surface area contributed by atoms with Crippen molar-refractivity contribution in [3.8, 4) is 11.4 Å². The Kier molecular flexibility index (Phi) is 35.5. The van der Waals surface area contributed by atoms with Crippen molar-refractivity contribution in [2.24, 2.45) is 5.92 Å². The number of nitrogens with zero attached hydrogens (tertiary/aromatic N) is 15. The maximum atomic E-state index is 14.5. The molecule has 2 aromatic carbocycles. The van der Waals surface area contributed by atoms with Crippen LogP contribution in [0, 0.1) is 5.92 Å². The van der Waals surface area contributed by atoms with E-state index in [-0.39, 0.29) is 101 Å². The van der Waals surface area contributed by atoms with Crippen LogP contribution in [-0.4, -0.2) is 366 Å². The summed E-state index contributed by atoms with van der Waals surface area (Å²) in [6, 6.07) is 11.2. The number of carbonyl (C=O) groups excluding carboxylic acids is 18. The van der Waals surface area contributed by atoms with Crippen molar-refractivity contribution in [2.75, 3.05) is 168 Å². The summed E-state index contributed by atoms with van der Waals surface area (Å²) in [5.74, 6) is -10.3. The molecule has 40 nitrogen and oxygen atoms in total. The SMILES string of the molecule is CCC1(O)C(=O)OCc2c1cc1n(c2=O)Cc2c-1nc1ccccc1c2CCN(C(=O)OCc1ccc(NC(=O)[C@H](C)NC(=O)[C@@H](NC(=O)CCCCCN2C(=O)C=CC2=O)C(C)C)cc1CN(C)CC(=O)CN(C)C(=O)CN(C)C(=O)CN(C)C(=O)CN(C)C(=O)CN(C)C(=O)CN(C)C(=O)CN(C)C(=O)CN(C)C(=O)CN(C)C(=O)CN(C)C(C)=O)C(C)C. The molecular formula is C86H118N18O22. The summed E-state index contributed by atoms with van der Waals surface area (Å²) in [5.41, 5.74) is 2.06. The van der Waals surface area contributed by atoms with Gasteiger partial charge in [0.2, 0.25) is 76.8 Å². The average Bonchev–Trinajstić information content (AvgIpc) is 1.23. The monoisotopic (exact) mass is 1750 g/mol. The van der Waals surface area contributed by atoms with Gasteiger partial charge in [0.25, 0.3) is 17.4 Å². The second-order valence-electron chi connectivity index (χ2n) is 32.9. The minimum atomic E-state index is -2.04. The third-order valence-electron chi connectivity index (χ3n) is 22.2. The molecule has 3 atom stereocenters. The predicted molar refractivity (Wildman–Crippen MR) is 457 cm³/mol. The van der Waals surface area contributed by atoms with Gasteiger partial charge in [0.15, 0.2) is 11.4 Å². The first-order chi connectivity index (χ1) is 59.2. The van der Waals surface area contributed by atoms with E-state index in [2.05, 4.69) is 16.0 Å². The summed E-state index contributed by atoms with van der Waals surface area (Å²) >= 11 is 0. The fourth-order valence-electron chi connectivity index (χ4n) is 14.0. The number of pyridine rings is 2. The lowest BCUT2D eigenvalue weighted by Crippen LogP contribution is -2.53. The molecule has 16 amide bonds. The molecule has 0 spiro atoms. The van der Waals surface area contributed by atoms with Gasteiger partial charge in [-0.3, -0.25) is 91.3 Å². The number of anilines is 1. The molecule has 7 rings (SSSR count). The molecule has 0 radical (unpaired) electrons. The van der Waals surface area contributed by atoms with Crippen molar-refractivity contribution >= 4 is 123 Å². The zero-order valence-corrected chi connectivity index (χ0v) is 75.1. The molecule has 0 saturated heterocycles. The van der Waals surface area contributed by atoms with Crippen molar-refractivity contribution in [1.82, 2.24) is 83.9 Å². The molecule has 5 heterocycles. The molecular weight excluding hydrogens is 1640 g/mol. The number of ketones is 1. The highest BCUT2D eigenvalue weighted by atomic mass is 16.6. The normalized spacial score (nSPS) is 14.1. The third kappa shape index (κ3) is 26.4. The standard InChI is InChI=1S/C86H118N18O22/c1-19-86(124)64-36-66-80-62(40-104(66)83(121)63(64)51-125-84(86)122)60(61-25-22-23-26-65(61)89-80)32-34-102(53(4)5)85(123)126-50-56-28-29-58(88-81(119)54(6)87-82(120)79(52(2)3)90-67(107)27-21-20-24-33-103-68(108)30-31-69(103)109)35-57(56)37-91(8)38-59(106)39-93(10)71(111)42-95(12)73(113)44-97(14)75(115)46-99(16)77(117)48-101(18)78(118)49-100(17)76(116)47-98(15)74(114)45-96(13)72(112)43-94(11)70(110)41-92(9)55(7)105/h22-23,25-26,28-31,35-36,52-54,79,124H,19-21,24,27,32-34,37-51H2,1-18H3,(H,87,120)(H,88,119)(H,90,107)/t54-,79-,86?/m0/s1. The smallest absolute Gasteiger partial charge is 0.410 e. The number of Topliss-reactive ketones (excluding diaryl/α,β-unsaturated/α-hetero) is 1. The Morgan fingerprint density at radius 3 is 1.52 bits per heavy atom. The molecule has 4 aromatic rings. The van der Waals surface area contributed by atoms with Crippen LogP contribution in [-0.2, 0) is 129 Å². The maximum absolute atomic E-state index is 14.5. The van der Waals surface area contributed by atoms with Crippen molar-refractivity contribution in [2.45, 2.75) is 137 Å². The van der Waals surface area contributed by atoms with E-state index in [1.54, 1.807) is 66.5 Å². The van der Waals surface area contributed by atoms with Gasteiger partial charge >= 0.3 is 12.1 Å². The highest BCUT2D eigenvalue weighted by Gasteiger charge is 2.46. The molecule has 3 aliphatic heterocycles. The summed E-state index contributed by atoms with van der Waals surface area (Å²) in [7, 11) is 15.0. The number of aliphatic hydroxyl groups is 1. The minimum Gasteiger partial charge on any atom is -0.458 e. The van der Waals surface area contributed by atoms with Crippen LogP contribution in [0.2, 0.25) is 0 Å². The number of hydrogen-bond acceptors (Lipinski definition) is 24. The second kappa shape index (κ2) is 44.6. The minimum absolute atomic E-state index is 0.0107. The van der Waals surface area contributed by atoms with Crippen LogP contribution in [0.1, 0.15) is 114 Å². The van der Waals surface area contributed by atoms with Gasteiger partial charge in [0.1, 0.15) is 25.3 Å². The molecule has 1 unspecified atom stereocenters. The van der Waals surface area contributed by atoms with Gasteiger partial charge in [-0.1, -0.05) is 51.5 Å². The Morgan fingerprint density at radius 2 is 1.05 bits per heavy atom. The first-order valence-electron chi connectivity index (χ1n) is 41.3. The number of amides is 16. The van der Waals surface area contributed by atoms with Crippen LogP contribution < -0.4 is 21.5 Å². The number of cyclic esters (lactones) is 1. The number of unbranched alkanes of at least 4 members (excludes halogenated alkanes) is 2. The Labute approximate surface area is 731 Å². The maximum Gasteiger partial charge on any atom is 0.410 e. The Hall–Kier alpha value is -12.9. The van der Waals surface area contributed by atoms with Crippen molar-refractivity contribution in [3.63, 3.8) is 0 Å². The summed E-state index contributed by atoms with van der Waals surface area (Å²) in [6.45, 7) is 6.42. The van der Waals surface area contributed by atoms with E-state index in [0.717, 1.165) is 65.5 Å². The van der Waals surface area contributed by atoms with Gasteiger partial charge in [-0.15, -0.1) is 0 Å². The summed E-state index contributed by atoms with van der Waals surface area (Å²) in [4.78, 5) is 270. The van der Waals surface area contributed by atoms with E-state index in [1.165, 1.54) is 101 Å². The number of nitrogens with one attached hydrogen (secondary N) is 3. The molecule has 126 heavy (non-hydrogen) atoms. The lowest BCUT2D eigenvalue weighted by Gasteiger charge is -2.31. The number of para-hydroxylation sites is 1. The van der Waals surface area contributed by atoms with Crippen LogP contribution in [0.3, 0.4) is 0 Å². The summed E-state index contributed by atoms with van der Waals surface area (Å²) < 4.78 is 13.0. The molecule has 684 valence electrons. The van der Waals surface area contributed by atoms with Crippen molar-refractivity contribution in [1.29, 1.82) is 0 Å². The molecule has 3 aliphatic rings. The number of aromatic nitrogens is 2. The van der Waals surface area contributed by atoms with Gasteiger partial charge in [-0.25, -0.2) is 14.6 Å². The Morgan fingerprint density at radius 1 is 0.563 bits per heavy atom. The number of fused-ring (bicyclic) bond motifs is 5. The molecule has 40 heteroatoms. The lowest BCUT2D eigenvalue weighted by molar-refractivity contribution is -0.172. The average molecular weight is 1760 g/mol. The second-order valence-corrected chi connectivity index (χ2v) is 32.9. The zero-order chi connectivity index (χ0) is 93.8. The topological polar surface area (TPSA) is 459 Å². The number of ether oxygens (including phenoxy) is 2. The van der Waals surface area contributed by atoms with Gasteiger partial charge < -0.3 is 89.0 Å². The van der Waals surface area contributed by atoms with E-state index < -0.39 is 188 Å². The van der Waals surface area contributed by atoms with E-state index in [1.807, 2.05) is 38.1 Å². The number of hydrogen-bond donors (Lipinski definition) is 4. The number of likely N-dealkylation sites (N-methyl/N-ethyl adjacent to an activating group) is 11. The molecule has 0 saturated carbocycles. The number of carbonyl (C=O) groups is 18. The highest BCUT2D eigenvalue weighted by Crippen LogP contribution is 2.41. The Balaban J connectivity index is 0.940. The largest absolute Gasteiger partial charge is 0.458 e. The van der Waals surface area contributed by atoms with E-state index in [9.17, 15) is 96.2 Å². The fraction of sp³-hybridized carbons (Fsp3) is 0.535. The number of benzene rings is 2. The van der Waals surface area contributed by atoms with E-state index in [4.69, 9.17) is 14.5 Å². The molecule has 4 N–H and O–H groups in total. The van der Waals surface area contributed by atoms with Crippen LogP contribution in [0.5, 0.6) is 0 Å². The molecule has 0 fully saturated rings. The quantitative estimate of drug-likeness (QED) is 0.0214. The van der Waals surface area contributed by atoms with Crippen molar-refractivity contribution in [3.05, 3.63) is 104 Å². The van der Waals surface area contributed by atoms with Gasteiger partial charge in [-0.2, -0.15) is 0 Å². The van der Waals surface area contributed by atoms with Crippen LogP contribution in [0.15, 0.2) is 65.5 Å². The fourth-order valence-corrected chi connectivity index (χ4v) is 14.0. The Bertz CT molecular complexity index is 4950. The number of imide groups is 1. The van der Waals surface area contributed by atoms with Crippen molar-refractivity contribution < 1.29 is 101 Å². The predicted octanol–water partition coefficient (Wildman–Crippen LogP) is -0.657. The summed E-state index contributed by atoms with van der Waals surface area (Å²) in [6.07, 6.45) is 3.41. The lowest BCUT2D eigenvalue weighted by atomic mass is 9.86. The molecule has 0 bridgehead atoms. The van der Waals surface area contributed by atoms with E-state index in [0.29, 0.717) is 47.3 Å². The van der Waals surface area contributed by atoms with Gasteiger partial charge in [0, 0.05) is 144 Å². The van der Waals surface area contributed by atoms with Crippen LogP contribution >= 0.6 is 0 Å². The van der Waals surface area contributed by atoms with E-state index >= 15 is 0 Å². The van der Waals surface area contributed by atoms with Gasteiger partial charge in [0.05, 0.1) is 101 Å². The molecule has 0 aliphatic carbocycles. The number of rotatable bonds is 43. The highest BCUT2D eigenvalue weighted by molar-refractivity contribution is 6.13. The zero-order valence-electron chi connectivity index (χ0n) is 75.1. The first kappa shape index (κ1) is 100. The van der Waals surface area contributed by atoms with Crippen LogP contribution in [0.4, 0.5) is 10.5 Å². The molecule has 2 aromatic heterocycles. The number of esters is 1. The first-order valence-corrected chi connectivity index (χ1v) is 41.3.